The second-order valence-electron chi connectivity index (χ2n) is 4.25. The van der Waals surface area contributed by atoms with Crippen LogP contribution in [-0.2, 0) is 0 Å². The fourth-order valence-electron chi connectivity index (χ4n) is 1.45. The first kappa shape index (κ1) is 12.0. The minimum atomic E-state index is -0.220. The number of hydrogen-bond donors (Lipinski definition) is 1. The van der Waals surface area contributed by atoms with Gasteiger partial charge < -0.3 is 15.2 Å². The summed E-state index contributed by atoms with van der Waals surface area (Å²) in [5.41, 5.74) is 6.15. The summed E-state index contributed by atoms with van der Waals surface area (Å²) in [6, 6.07) is 5.16. The van der Waals surface area contributed by atoms with Crippen LogP contribution >= 0.6 is 11.6 Å². The molecule has 2 N–H and O–H groups in total. The van der Waals surface area contributed by atoms with E-state index >= 15 is 0 Å². The number of ether oxygens (including phenoxy) is 2. The van der Waals surface area contributed by atoms with Crippen molar-refractivity contribution >= 4 is 11.6 Å². The maximum atomic E-state index is 8.82. The van der Waals surface area contributed by atoms with E-state index < -0.39 is 0 Å². The largest absolute Gasteiger partial charge is 0.493 e. The van der Waals surface area contributed by atoms with Crippen LogP contribution in [0.25, 0.3) is 0 Å². The van der Waals surface area contributed by atoms with Crippen molar-refractivity contribution in [2.24, 2.45) is 5.73 Å². The lowest BCUT2D eigenvalue weighted by molar-refractivity contribution is 0.264. The molecule has 0 spiro atoms. The van der Waals surface area contributed by atoms with Gasteiger partial charge in [-0.2, -0.15) is 5.26 Å². The zero-order chi connectivity index (χ0) is 12.5. The van der Waals surface area contributed by atoms with E-state index in [9.17, 15) is 0 Å². The van der Waals surface area contributed by atoms with Gasteiger partial charge in [-0.25, -0.2) is 0 Å². The van der Waals surface area contributed by atoms with Crippen LogP contribution in [0, 0.1) is 11.3 Å². The molecule has 90 valence electrons. The predicted octanol–water partition coefficient (Wildman–Crippen LogP) is 2.09. The lowest BCUT2D eigenvalue weighted by Crippen LogP contribution is -2.29. The molecule has 0 atom stereocenters. The zero-order valence-corrected chi connectivity index (χ0v) is 10.3. The Hall–Kier alpha value is -1.44. The molecular formula is C12H13ClN2O2. The topological polar surface area (TPSA) is 68.3 Å². The first-order valence-corrected chi connectivity index (χ1v) is 5.65. The van der Waals surface area contributed by atoms with E-state index in [1.165, 1.54) is 7.11 Å². The third-order valence-electron chi connectivity index (χ3n) is 2.75. The van der Waals surface area contributed by atoms with Crippen molar-refractivity contribution in [1.29, 1.82) is 5.26 Å². The van der Waals surface area contributed by atoms with Crippen LogP contribution in [0.3, 0.4) is 0 Å². The SMILES string of the molecule is COc1cc(C#N)cc(Cl)c1OCC1(N)CC1. The summed E-state index contributed by atoms with van der Waals surface area (Å²) in [4.78, 5) is 0. The average Bonchev–Trinajstić information content (AvgIpc) is 3.05. The van der Waals surface area contributed by atoms with Gasteiger partial charge in [-0.05, 0) is 18.9 Å². The highest BCUT2D eigenvalue weighted by Crippen LogP contribution is 2.39. The molecule has 0 aromatic heterocycles. The van der Waals surface area contributed by atoms with Crippen LogP contribution in [0.5, 0.6) is 11.5 Å². The first-order chi connectivity index (χ1) is 8.08. The van der Waals surface area contributed by atoms with E-state index in [1.807, 2.05) is 6.07 Å². The fraction of sp³-hybridized carbons (Fsp3) is 0.417. The molecule has 1 saturated carbocycles. The van der Waals surface area contributed by atoms with E-state index in [1.54, 1.807) is 12.1 Å². The Morgan fingerprint density at radius 3 is 2.76 bits per heavy atom. The van der Waals surface area contributed by atoms with Gasteiger partial charge >= 0.3 is 0 Å². The second kappa shape index (κ2) is 4.44. The molecule has 5 heteroatoms. The molecule has 0 saturated heterocycles. The molecule has 0 unspecified atom stereocenters. The zero-order valence-electron chi connectivity index (χ0n) is 9.50. The summed E-state index contributed by atoms with van der Waals surface area (Å²) < 4.78 is 10.7. The number of halogens is 1. The minimum absolute atomic E-state index is 0.220. The molecule has 2 rings (SSSR count). The Balaban J connectivity index is 2.22. The molecule has 1 aliphatic rings. The maximum absolute atomic E-state index is 8.82. The molecule has 0 amide bonds. The summed E-state index contributed by atoms with van der Waals surface area (Å²) >= 11 is 6.04. The van der Waals surface area contributed by atoms with Crippen LogP contribution in [0.1, 0.15) is 18.4 Å². The van der Waals surface area contributed by atoms with E-state index in [-0.39, 0.29) is 5.54 Å². The highest BCUT2D eigenvalue weighted by atomic mass is 35.5. The van der Waals surface area contributed by atoms with Crippen molar-refractivity contribution in [2.75, 3.05) is 13.7 Å². The Morgan fingerprint density at radius 1 is 1.53 bits per heavy atom. The first-order valence-electron chi connectivity index (χ1n) is 5.27. The normalized spacial score (nSPS) is 16.1. The molecule has 0 heterocycles. The molecule has 1 aromatic rings. The van der Waals surface area contributed by atoms with E-state index in [0.29, 0.717) is 28.7 Å². The van der Waals surface area contributed by atoms with Gasteiger partial charge in [0.2, 0.25) is 0 Å². The minimum Gasteiger partial charge on any atom is -0.493 e. The predicted molar refractivity (Wildman–Crippen MR) is 64.4 cm³/mol. The van der Waals surface area contributed by atoms with Gasteiger partial charge in [0.25, 0.3) is 0 Å². The summed E-state index contributed by atoms with van der Waals surface area (Å²) in [7, 11) is 1.51. The van der Waals surface area contributed by atoms with Gasteiger partial charge in [-0.3, -0.25) is 0 Å². The third-order valence-corrected chi connectivity index (χ3v) is 3.04. The van der Waals surface area contributed by atoms with Gasteiger partial charge in [0, 0.05) is 6.07 Å². The number of rotatable bonds is 4. The summed E-state index contributed by atoms with van der Waals surface area (Å²) in [6.07, 6.45) is 1.92. The lowest BCUT2D eigenvalue weighted by atomic mass is 10.2. The van der Waals surface area contributed by atoms with Crippen molar-refractivity contribution in [3.63, 3.8) is 0 Å². The smallest absolute Gasteiger partial charge is 0.179 e. The summed E-state index contributed by atoms with van der Waals surface area (Å²) in [5.74, 6) is 0.906. The monoisotopic (exact) mass is 252 g/mol. The number of hydrogen-bond acceptors (Lipinski definition) is 4. The van der Waals surface area contributed by atoms with Gasteiger partial charge in [0.15, 0.2) is 11.5 Å². The quantitative estimate of drug-likeness (QED) is 0.891. The maximum Gasteiger partial charge on any atom is 0.179 e. The van der Waals surface area contributed by atoms with E-state index in [0.717, 1.165) is 12.8 Å². The Kier molecular flexibility index (Phi) is 3.14. The highest BCUT2D eigenvalue weighted by Gasteiger charge is 2.39. The number of nitrogens with zero attached hydrogens (tertiary/aromatic N) is 1. The number of methoxy groups -OCH3 is 1. The standard InChI is InChI=1S/C12H13ClN2O2/c1-16-10-5-8(6-14)4-9(13)11(10)17-7-12(15)2-3-12/h4-5H,2-3,7,15H2,1H3. The van der Waals surface area contributed by atoms with Crippen molar-refractivity contribution < 1.29 is 9.47 Å². The molecule has 1 aromatic carbocycles. The molecule has 4 nitrogen and oxygen atoms in total. The Morgan fingerprint density at radius 2 is 2.24 bits per heavy atom. The van der Waals surface area contributed by atoms with E-state index in [4.69, 9.17) is 32.1 Å². The Bertz CT molecular complexity index is 478. The third kappa shape index (κ3) is 2.63. The lowest BCUT2D eigenvalue weighted by Gasteiger charge is -2.15. The second-order valence-corrected chi connectivity index (χ2v) is 4.66. The Labute approximate surface area is 105 Å². The number of nitriles is 1. The molecule has 0 radical (unpaired) electrons. The van der Waals surface area contributed by atoms with Crippen LogP contribution in [0.2, 0.25) is 5.02 Å². The van der Waals surface area contributed by atoms with Crippen molar-refractivity contribution in [3.8, 4) is 17.6 Å². The molecule has 1 aliphatic carbocycles. The van der Waals surface area contributed by atoms with Crippen molar-refractivity contribution in [1.82, 2.24) is 0 Å². The molecule has 17 heavy (non-hydrogen) atoms. The fourth-order valence-corrected chi connectivity index (χ4v) is 1.71. The van der Waals surface area contributed by atoms with Crippen molar-refractivity contribution in [3.05, 3.63) is 22.7 Å². The van der Waals surface area contributed by atoms with Crippen molar-refractivity contribution in [2.45, 2.75) is 18.4 Å². The molecular weight excluding hydrogens is 240 g/mol. The van der Waals surface area contributed by atoms with Gasteiger partial charge in [0.1, 0.15) is 6.61 Å². The van der Waals surface area contributed by atoms with Crippen LogP contribution in [-0.4, -0.2) is 19.3 Å². The van der Waals surface area contributed by atoms with Crippen LogP contribution in [0.4, 0.5) is 0 Å². The number of nitrogens with two attached hydrogens (primary N) is 1. The van der Waals surface area contributed by atoms with Gasteiger partial charge in [0.05, 0.1) is 29.3 Å². The van der Waals surface area contributed by atoms with E-state index in [2.05, 4.69) is 0 Å². The summed E-state index contributed by atoms with van der Waals surface area (Å²) in [5, 5.41) is 9.18. The highest BCUT2D eigenvalue weighted by molar-refractivity contribution is 6.32. The molecule has 1 fully saturated rings. The summed E-state index contributed by atoms with van der Waals surface area (Å²) in [6.45, 7) is 0.412. The molecule has 0 aliphatic heterocycles. The average molecular weight is 253 g/mol. The number of benzene rings is 1. The van der Waals surface area contributed by atoms with Crippen LogP contribution < -0.4 is 15.2 Å². The van der Waals surface area contributed by atoms with Gasteiger partial charge in [-0.15, -0.1) is 0 Å². The van der Waals surface area contributed by atoms with Gasteiger partial charge in [-0.1, -0.05) is 11.6 Å². The molecule has 0 bridgehead atoms. The van der Waals surface area contributed by atoms with Crippen LogP contribution in [0.15, 0.2) is 12.1 Å².